The predicted molar refractivity (Wildman–Crippen MR) is 84.2 cm³/mol. The average Bonchev–Trinajstić information content (AvgIpc) is 2.45. The lowest BCUT2D eigenvalue weighted by atomic mass is 10.2. The number of thioether (sulfide) groups is 1. The monoisotopic (exact) mass is 283 g/mol. The highest BCUT2D eigenvalue weighted by Gasteiger charge is 2.07. The lowest BCUT2D eigenvalue weighted by Gasteiger charge is -2.23. The molecule has 0 radical (unpaired) electrons. The number of likely N-dealkylation sites (N-methyl/N-ethyl adjacent to an activating group) is 1. The number of hydrogen-bond acceptors (Lipinski definition) is 6. The Morgan fingerprint density at radius 2 is 2.05 bits per heavy atom. The second-order valence-electron chi connectivity index (χ2n) is 4.54. The van der Waals surface area contributed by atoms with Gasteiger partial charge in [0.2, 0.25) is 0 Å². The van der Waals surface area contributed by atoms with E-state index in [1.807, 2.05) is 19.4 Å². The first-order valence-corrected chi connectivity index (χ1v) is 7.88. The molecule has 2 N–H and O–H groups in total. The van der Waals surface area contributed by atoms with Gasteiger partial charge in [0.25, 0.3) is 0 Å². The molecule has 1 unspecified atom stereocenters. The maximum atomic E-state index is 4.44. The first-order valence-electron chi connectivity index (χ1n) is 6.65. The minimum atomic E-state index is 0.613. The molecule has 0 saturated heterocycles. The molecule has 19 heavy (non-hydrogen) atoms. The molecule has 1 heterocycles. The van der Waals surface area contributed by atoms with Crippen molar-refractivity contribution in [2.24, 2.45) is 0 Å². The molecule has 1 aromatic rings. The number of rotatable bonds is 8. The van der Waals surface area contributed by atoms with Crippen LogP contribution in [0, 0.1) is 0 Å². The van der Waals surface area contributed by atoms with Crippen molar-refractivity contribution in [2.45, 2.75) is 31.5 Å². The minimum absolute atomic E-state index is 0.613. The van der Waals surface area contributed by atoms with Gasteiger partial charge in [-0.25, -0.2) is 9.97 Å². The average molecular weight is 283 g/mol. The maximum Gasteiger partial charge on any atom is 0.191 e. The number of nitrogens with one attached hydrogen (secondary N) is 2. The van der Waals surface area contributed by atoms with Gasteiger partial charge >= 0.3 is 0 Å². The van der Waals surface area contributed by atoms with Crippen molar-refractivity contribution in [2.75, 3.05) is 44.1 Å². The molecule has 5 nitrogen and oxygen atoms in total. The molecule has 0 fully saturated rings. The zero-order chi connectivity index (χ0) is 14.3. The van der Waals surface area contributed by atoms with Gasteiger partial charge < -0.3 is 15.5 Å². The SMILES string of the molecule is CCC(C)N(C)CCNc1cc(NC)nc(SC)n1. The van der Waals surface area contributed by atoms with E-state index >= 15 is 0 Å². The zero-order valence-corrected chi connectivity index (χ0v) is 13.3. The van der Waals surface area contributed by atoms with Gasteiger partial charge in [-0.1, -0.05) is 18.7 Å². The second kappa shape index (κ2) is 8.22. The van der Waals surface area contributed by atoms with Crippen molar-refractivity contribution in [1.29, 1.82) is 0 Å². The highest BCUT2D eigenvalue weighted by atomic mass is 32.2. The molecule has 1 atom stereocenters. The molecular formula is C13H25N5S. The van der Waals surface area contributed by atoms with E-state index in [9.17, 15) is 0 Å². The molecule has 0 aliphatic carbocycles. The summed E-state index contributed by atoms with van der Waals surface area (Å²) in [6.45, 7) is 6.34. The standard InChI is InChI=1S/C13H25N5S/c1-6-10(2)18(4)8-7-15-12-9-11(14-3)16-13(17-12)19-5/h9-10H,6-8H2,1-5H3,(H2,14,15,16,17). The summed E-state index contributed by atoms with van der Waals surface area (Å²) in [5.41, 5.74) is 0. The third kappa shape index (κ3) is 5.24. The van der Waals surface area contributed by atoms with Gasteiger partial charge in [0, 0.05) is 32.2 Å². The van der Waals surface area contributed by atoms with Crippen molar-refractivity contribution in [3.8, 4) is 0 Å². The fraction of sp³-hybridized carbons (Fsp3) is 0.692. The van der Waals surface area contributed by atoms with Gasteiger partial charge in [-0.15, -0.1) is 0 Å². The summed E-state index contributed by atoms with van der Waals surface area (Å²) in [5, 5.41) is 7.19. The maximum absolute atomic E-state index is 4.44. The van der Waals surface area contributed by atoms with Crippen molar-refractivity contribution < 1.29 is 0 Å². The van der Waals surface area contributed by atoms with Crippen LogP contribution in [0.4, 0.5) is 11.6 Å². The van der Waals surface area contributed by atoms with Crippen LogP contribution in [0.2, 0.25) is 0 Å². The molecular weight excluding hydrogens is 258 g/mol. The lowest BCUT2D eigenvalue weighted by molar-refractivity contribution is 0.261. The Bertz CT molecular complexity index is 363. The van der Waals surface area contributed by atoms with Crippen LogP contribution >= 0.6 is 11.8 Å². The van der Waals surface area contributed by atoms with Gasteiger partial charge in [0.15, 0.2) is 5.16 Å². The number of anilines is 2. The van der Waals surface area contributed by atoms with Crippen LogP contribution in [0.15, 0.2) is 11.2 Å². The highest BCUT2D eigenvalue weighted by Crippen LogP contribution is 2.16. The van der Waals surface area contributed by atoms with Gasteiger partial charge in [-0.05, 0) is 26.6 Å². The third-order valence-electron chi connectivity index (χ3n) is 3.26. The Kier molecular flexibility index (Phi) is 6.94. The molecule has 0 aromatic carbocycles. The van der Waals surface area contributed by atoms with Crippen LogP contribution in [0.25, 0.3) is 0 Å². The summed E-state index contributed by atoms with van der Waals surface area (Å²) in [5.74, 6) is 1.72. The zero-order valence-electron chi connectivity index (χ0n) is 12.5. The first-order chi connectivity index (χ1) is 9.10. The Labute approximate surface area is 120 Å². The summed E-state index contributed by atoms with van der Waals surface area (Å²) in [6, 6.07) is 2.55. The van der Waals surface area contributed by atoms with Crippen molar-refractivity contribution in [3.05, 3.63) is 6.07 Å². The van der Waals surface area contributed by atoms with Crippen LogP contribution in [0.3, 0.4) is 0 Å². The van der Waals surface area contributed by atoms with Crippen molar-refractivity contribution in [1.82, 2.24) is 14.9 Å². The summed E-state index contributed by atoms with van der Waals surface area (Å²) in [4.78, 5) is 11.1. The minimum Gasteiger partial charge on any atom is -0.373 e. The van der Waals surface area contributed by atoms with Crippen LogP contribution in [-0.2, 0) is 0 Å². The highest BCUT2D eigenvalue weighted by molar-refractivity contribution is 7.98. The second-order valence-corrected chi connectivity index (χ2v) is 5.31. The van der Waals surface area contributed by atoms with Gasteiger partial charge in [0.1, 0.15) is 11.6 Å². The molecule has 0 bridgehead atoms. The Morgan fingerprint density at radius 1 is 1.37 bits per heavy atom. The predicted octanol–water partition coefficient (Wildman–Crippen LogP) is 2.38. The smallest absolute Gasteiger partial charge is 0.191 e. The molecule has 6 heteroatoms. The quantitative estimate of drug-likeness (QED) is 0.564. The summed E-state index contributed by atoms with van der Waals surface area (Å²) < 4.78 is 0. The van der Waals surface area contributed by atoms with Crippen LogP contribution < -0.4 is 10.6 Å². The molecule has 1 rings (SSSR count). The van der Waals surface area contributed by atoms with E-state index in [-0.39, 0.29) is 0 Å². The Hall–Kier alpha value is -1.01. The number of hydrogen-bond donors (Lipinski definition) is 2. The molecule has 1 aromatic heterocycles. The molecule has 0 spiro atoms. The fourth-order valence-electron chi connectivity index (χ4n) is 1.63. The molecule has 0 aliphatic rings. The van der Waals surface area contributed by atoms with E-state index in [4.69, 9.17) is 0 Å². The molecule has 0 amide bonds. The Morgan fingerprint density at radius 3 is 2.63 bits per heavy atom. The topological polar surface area (TPSA) is 53.1 Å². The number of aromatic nitrogens is 2. The molecule has 0 saturated carbocycles. The first kappa shape index (κ1) is 16.0. The van der Waals surface area contributed by atoms with E-state index in [1.54, 1.807) is 11.8 Å². The van der Waals surface area contributed by atoms with E-state index in [0.717, 1.165) is 29.9 Å². The molecule has 0 aliphatic heterocycles. The van der Waals surface area contributed by atoms with E-state index < -0.39 is 0 Å². The third-order valence-corrected chi connectivity index (χ3v) is 3.81. The largest absolute Gasteiger partial charge is 0.373 e. The summed E-state index contributed by atoms with van der Waals surface area (Å²) in [7, 11) is 4.02. The molecule has 108 valence electrons. The van der Waals surface area contributed by atoms with Crippen LogP contribution in [0.1, 0.15) is 20.3 Å². The normalized spacial score (nSPS) is 12.5. The summed E-state index contributed by atoms with van der Waals surface area (Å²) in [6.07, 6.45) is 3.15. The van der Waals surface area contributed by atoms with E-state index in [2.05, 4.69) is 46.4 Å². The summed E-state index contributed by atoms with van der Waals surface area (Å²) >= 11 is 1.55. The van der Waals surface area contributed by atoms with Gasteiger partial charge in [-0.2, -0.15) is 0 Å². The van der Waals surface area contributed by atoms with Crippen LogP contribution in [-0.4, -0.2) is 54.4 Å². The van der Waals surface area contributed by atoms with Crippen LogP contribution in [0.5, 0.6) is 0 Å². The van der Waals surface area contributed by atoms with Crippen molar-refractivity contribution in [3.63, 3.8) is 0 Å². The van der Waals surface area contributed by atoms with Gasteiger partial charge in [-0.3, -0.25) is 0 Å². The van der Waals surface area contributed by atoms with E-state index in [1.165, 1.54) is 6.42 Å². The van der Waals surface area contributed by atoms with Gasteiger partial charge in [0.05, 0.1) is 0 Å². The van der Waals surface area contributed by atoms with E-state index in [0.29, 0.717) is 6.04 Å². The fourth-order valence-corrected chi connectivity index (χ4v) is 2.01. The lowest BCUT2D eigenvalue weighted by Crippen LogP contribution is -2.32. The number of nitrogens with zero attached hydrogens (tertiary/aromatic N) is 3. The van der Waals surface area contributed by atoms with Crippen molar-refractivity contribution >= 4 is 23.4 Å². The Balaban J connectivity index is 2.53.